The molecule has 1 N–H and O–H groups in total. The Labute approximate surface area is 61.6 Å². The summed E-state index contributed by atoms with van der Waals surface area (Å²) < 4.78 is 19.6. The lowest BCUT2D eigenvalue weighted by atomic mass is 10.4. The van der Waals surface area contributed by atoms with Crippen LogP contribution >= 0.6 is 0 Å². The van der Waals surface area contributed by atoms with E-state index in [1.54, 1.807) is 0 Å². The molecule has 58 valence electrons. The fraction of sp³-hybridized carbons (Fsp3) is 0.800. The first kappa shape index (κ1) is 7.68. The standard InChI is InChI=1S/C5H9NO3S/c1-6(10(8)9)5(7)4-2-3-4/h4H,2-3H2,1H3,(H,8,9). The second-order valence-electron chi connectivity index (χ2n) is 2.34. The van der Waals surface area contributed by atoms with E-state index in [2.05, 4.69) is 0 Å². The maximum Gasteiger partial charge on any atom is 0.263 e. The van der Waals surface area contributed by atoms with Crippen LogP contribution in [0.15, 0.2) is 0 Å². The monoisotopic (exact) mass is 163 g/mol. The Bertz CT molecular complexity index is 178. The molecule has 4 nitrogen and oxygen atoms in total. The number of hydrogen-bond donors (Lipinski definition) is 1. The maximum atomic E-state index is 10.9. The van der Waals surface area contributed by atoms with Gasteiger partial charge in [0, 0.05) is 13.0 Å². The van der Waals surface area contributed by atoms with Crippen molar-refractivity contribution in [2.75, 3.05) is 7.05 Å². The zero-order chi connectivity index (χ0) is 7.72. The van der Waals surface area contributed by atoms with Crippen LogP contribution in [0.2, 0.25) is 0 Å². The summed E-state index contributed by atoms with van der Waals surface area (Å²) in [5.41, 5.74) is 0. The van der Waals surface area contributed by atoms with Crippen LogP contribution < -0.4 is 0 Å². The average Bonchev–Trinajstić information content (AvgIpc) is 2.65. The molecular weight excluding hydrogens is 154 g/mol. The van der Waals surface area contributed by atoms with Crippen molar-refractivity contribution in [3.8, 4) is 0 Å². The van der Waals surface area contributed by atoms with Gasteiger partial charge in [0.15, 0.2) is 0 Å². The molecular formula is C5H9NO3S. The predicted octanol–water partition coefficient (Wildman–Crippen LogP) is -0.00850. The number of carbonyl (C=O) groups excluding carboxylic acids is 1. The molecule has 1 aliphatic carbocycles. The molecule has 0 aliphatic heterocycles. The Balaban J connectivity index is 2.46. The van der Waals surface area contributed by atoms with Crippen LogP contribution in [0.5, 0.6) is 0 Å². The molecule has 1 atom stereocenters. The largest absolute Gasteiger partial charge is 0.289 e. The third-order valence-corrected chi connectivity index (χ3v) is 2.12. The number of carbonyl (C=O) groups is 1. The van der Waals surface area contributed by atoms with Crippen molar-refractivity contribution in [1.29, 1.82) is 0 Å². The Hall–Kier alpha value is -0.420. The van der Waals surface area contributed by atoms with Gasteiger partial charge in [0.25, 0.3) is 11.3 Å². The Kier molecular flexibility index (Phi) is 2.05. The van der Waals surface area contributed by atoms with E-state index in [1.165, 1.54) is 7.05 Å². The lowest BCUT2D eigenvalue weighted by Crippen LogP contribution is -2.29. The zero-order valence-electron chi connectivity index (χ0n) is 5.61. The minimum Gasteiger partial charge on any atom is -0.289 e. The molecule has 0 saturated heterocycles. The lowest BCUT2D eigenvalue weighted by Gasteiger charge is -2.09. The van der Waals surface area contributed by atoms with E-state index in [0.29, 0.717) is 0 Å². The molecule has 0 aromatic rings. The van der Waals surface area contributed by atoms with Crippen molar-refractivity contribution in [2.45, 2.75) is 12.8 Å². The Morgan fingerprint density at radius 2 is 2.20 bits per heavy atom. The molecule has 0 spiro atoms. The van der Waals surface area contributed by atoms with E-state index in [4.69, 9.17) is 4.55 Å². The number of hydrogen-bond acceptors (Lipinski definition) is 2. The Morgan fingerprint density at radius 1 is 1.70 bits per heavy atom. The highest BCUT2D eigenvalue weighted by Crippen LogP contribution is 2.30. The van der Waals surface area contributed by atoms with E-state index in [-0.39, 0.29) is 11.8 Å². The smallest absolute Gasteiger partial charge is 0.263 e. The van der Waals surface area contributed by atoms with Crippen LogP contribution in [-0.2, 0) is 16.1 Å². The third-order valence-electron chi connectivity index (χ3n) is 1.47. The fourth-order valence-corrected chi connectivity index (χ4v) is 0.967. The lowest BCUT2D eigenvalue weighted by molar-refractivity contribution is -0.126. The molecule has 5 heteroatoms. The van der Waals surface area contributed by atoms with E-state index >= 15 is 0 Å². The summed E-state index contributed by atoms with van der Waals surface area (Å²) in [5.74, 6) is -0.207. The van der Waals surface area contributed by atoms with Crippen LogP contribution in [0.25, 0.3) is 0 Å². The number of nitrogens with zero attached hydrogens (tertiary/aromatic N) is 1. The molecule has 0 aromatic heterocycles. The first-order valence-corrected chi connectivity index (χ1v) is 4.08. The SMILES string of the molecule is CN(C(=O)C1CC1)S(=O)O. The summed E-state index contributed by atoms with van der Waals surface area (Å²) in [4.78, 5) is 10.9. The van der Waals surface area contributed by atoms with E-state index in [1.807, 2.05) is 0 Å². The van der Waals surface area contributed by atoms with E-state index in [9.17, 15) is 9.00 Å². The van der Waals surface area contributed by atoms with Crippen molar-refractivity contribution in [1.82, 2.24) is 4.31 Å². The summed E-state index contributed by atoms with van der Waals surface area (Å²) in [7, 11) is 1.33. The third kappa shape index (κ3) is 1.54. The topological polar surface area (TPSA) is 57.6 Å². The summed E-state index contributed by atoms with van der Waals surface area (Å²) in [6.45, 7) is 0. The second kappa shape index (κ2) is 2.67. The molecule has 1 amide bonds. The van der Waals surface area contributed by atoms with Crippen LogP contribution in [0.3, 0.4) is 0 Å². The van der Waals surface area contributed by atoms with Gasteiger partial charge in [-0.15, -0.1) is 0 Å². The molecule has 1 aliphatic rings. The van der Waals surface area contributed by atoms with E-state index in [0.717, 1.165) is 17.1 Å². The number of amides is 1. The quantitative estimate of drug-likeness (QED) is 0.582. The van der Waals surface area contributed by atoms with Gasteiger partial charge in [-0.3, -0.25) is 9.35 Å². The number of rotatable bonds is 2. The molecule has 1 unspecified atom stereocenters. The summed E-state index contributed by atoms with van der Waals surface area (Å²) >= 11 is -2.14. The highest BCUT2D eigenvalue weighted by Gasteiger charge is 2.33. The molecule has 1 fully saturated rings. The minimum atomic E-state index is -2.14. The van der Waals surface area contributed by atoms with Crippen molar-refractivity contribution in [3.05, 3.63) is 0 Å². The van der Waals surface area contributed by atoms with Crippen molar-refractivity contribution >= 4 is 17.2 Å². The van der Waals surface area contributed by atoms with Crippen molar-refractivity contribution in [3.63, 3.8) is 0 Å². The molecule has 1 saturated carbocycles. The summed E-state index contributed by atoms with van der Waals surface area (Å²) in [5, 5.41) is 0. The Morgan fingerprint density at radius 3 is 2.50 bits per heavy atom. The molecule has 0 aromatic carbocycles. The first-order chi connectivity index (χ1) is 4.63. The molecule has 0 bridgehead atoms. The average molecular weight is 163 g/mol. The maximum absolute atomic E-state index is 10.9. The van der Waals surface area contributed by atoms with Gasteiger partial charge in [-0.25, -0.2) is 8.51 Å². The summed E-state index contributed by atoms with van der Waals surface area (Å²) in [6.07, 6.45) is 1.72. The van der Waals surface area contributed by atoms with Crippen molar-refractivity contribution < 1.29 is 13.6 Å². The summed E-state index contributed by atoms with van der Waals surface area (Å²) in [6, 6.07) is 0. The highest BCUT2D eigenvalue weighted by atomic mass is 32.2. The van der Waals surface area contributed by atoms with Crippen molar-refractivity contribution in [2.24, 2.45) is 5.92 Å². The minimum absolute atomic E-state index is 0.0149. The van der Waals surface area contributed by atoms with Gasteiger partial charge in [-0.05, 0) is 12.8 Å². The van der Waals surface area contributed by atoms with Crippen LogP contribution in [0.4, 0.5) is 0 Å². The molecule has 10 heavy (non-hydrogen) atoms. The highest BCUT2D eigenvalue weighted by molar-refractivity contribution is 7.77. The van der Waals surface area contributed by atoms with Gasteiger partial charge in [0.1, 0.15) is 0 Å². The van der Waals surface area contributed by atoms with Gasteiger partial charge in [0.2, 0.25) is 5.91 Å². The predicted molar refractivity (Wildman–Crippen MR) is 36.3 cm³/mol. The van der Waals surface area contributed by atoms with Gasteiger partial charge in [-0.1, -0.05) is 0 Å². The fourth-order valence-electron chi connectivity index (χ4n) is 0.664. The van der Waals surface area contributed by atoms with Gasteiger partial charge >= 0.3 is 0 Å². The normalized spacial score (nSPS) is 20.2. The molecule has 1 rings (SSSR count). The zero-order valence-corrected chi connectivity index (χ0v) is 6.43. The molecule has 0 radical (unpaired) electrons. The van der Waals surface area contributed by atoms with Gasteiger partial charge in [0.05, 0.1) is 0 Å². The van der Waals surface area contributed by atoms with Crippen LogP contribution in [0.1, 0.15) is 12.8 Å². The van der Waals surface area contributed by atoms with E-state index < -0.39 is 11.3 Å². The van der Waals surface area contributed by atoms with Gasteiger partial charge in [-0.2, -0.15) is 0 Å². The second-order valence-corrected chi connectivity index (χ2v) is 3.35. The van der Waals surface area contributed by atoms with Gasteiger partial charge < -0.3 is 0 Å². The van der Waals surface area contributed by atoms with Crippen LogP contribution in [0, 0.1) is 5.92 Å². The first-order valence-electron chi connectivity index (χ1n) is 3.01. The molecule has 0 heterocycles. The van der Waals surface area contributed by atoms with Crippen LogP contribution in [-0.4, -0.2) is 26.0 Å².